The molecule has 0 saturated carbocycles. The van der Waals surface area contributed by atoms with Crippen molar-refractivity contribution in [3.05, 3.63) is 59.7 Å². The quantitative estimate of drug-likeness (QED) is 0.850. The van der Waals surface area contributed by atoms with Crippen molar-refractivity contribution in [3.8, 4) is 11.1 Å². The summed E-state index contributed by atoms with van der Waals surface area (Å²) in [4.78, 5) is 0. The standard InChI is InChI=1S/C15H17N.ClH/c1-11-5-3-7-14(9-11)15-8-4-6-13(10-15)12(2)16;/h3-10,12H,16H2,1-2H3;1H/t12-;/m0./s1. The molecule has 0 aromatic heterocycles. The Kier molecular flexibility index (Phi) is 4.73. The summed E-state index contributed by atoms with van der Waals surface area (Å²) in [6.45, 7) is 4.12. The number of hydrogen-bond acceptors (Lipinski definition) is 1. The van der Waals surface area contributed by atoms with Gasteiger partial charge in [0.2, 0.25) is 0 Å². The van der Waals surface area contributed by atoms with E-state index in [1.807, 2.05) is 6.92 Å². The first-order valence-electron chi connectivity index (χ1n) is 5.59. The van der Waals surface area contributed by atoms with Crippen LogP contribution >= 0.6 is 12.4 Å². The van der Waals surface area contributed by atoms with Gasteiger partial charge in [-0.15, -0.1) is 12.4 Å². The molecule has 0 heterocycles. The Morgan fingerprint density at radius 2 is 1.53 bits per heavy atom. The van der Waals surface area contributed by atoms with Crippen molar-refractivity contribution < 1.29 is 0 Å². The number of rotatable bonds is 2. The molecule has 0 spiro atoms. The van der Waals surface area contributed by atoms with Gasteiger partial charge in [-0.25, -0.2) is 0 Å². The van der Waals surface area contributed by atoms with Crippen molar-refractivity contribution in [2.45, 2.75) is 19.9 Å². The number of hydrogen-bond donors (Lipinski definition) is 1. The van der Waals surface area contributed by atoms with Crippen LogP contribution in [0.2, 0.25) is 0 Å². The fraction of sp³-hybridized carbons (Fsp3) is 0.200. The first-order chi connectivity index (χ1) is 7.66. The SMILES string of the molecule is Cc1cccc(-c2cccc([C@H](C)N)c2)c1.Cl. The average Bonchev–Trinajstić information content (AvgIpc) is 2.29. The fourth-order valence-corrected chi connectivity index (χ4v) is 1.83. The van der Waals surface area contributed by atoms with Crippen LogP contribution < -0.4 is 5.73 Å². The van der Waals surface area contributed by atoms with Gasteiger partial charge < -0.3 is 5.73 Å². The minimum atomic E-state index is 0. The summed E-state index contributed by atoms with van der Waals surface area (Å²) in [6, 6.07) is 17.0. The van der Waals surface area contributed by atoms with Crippen LogP contribution in [0.1, 0.15) is 24.1 Å². The Labute approximate surface area is 109 Å². The second-order valence-electron chi connectivity index (χ2n) is 4.28. The van der Waals surface area contributed by atoms with Crippen molar-refractivity contribution >= 4 is 12.4 Å². The van der Waals surface area contributed by atoms with Crippen molar-refractivity contribution in [2.24, 2.45) is 5.73 Å². The van der Waals surface area contributed by atoms with Crippen LogP contribution in [-0.2, 0) is 0 Å². The number of benzene rings is 2. The Hall–Kier alpha value is -1.31. The zero-order valence-corrected chi connectivity index (χ0v) is 11.0. The van der Waals surface area contributed by atoms with Crippen molar-refractivity contribution in [1.29, 1.82) is 0 Å². The van der Waals surface area contributed by atoms with E-state index >= 15 is 0 Å². The van der Waals surface area contributed by atoms with Gasteiger partial charge in [-0.1, -0.05) is 48.0 Å². The average molecular weight is 248 g/mol. The third-order valence-corrected chi connectivity index (χ3v) is 2.76. The maximum atomic E-state index is 5.89. The summed E-state index contributed by atoms with van der Waals surface area (Å²) < 4.78 is 0. The molecule has 0 aliphatic heterocycles. The molecule has 2 aromatic carbocycles. The van der Waals surface area contributed by atoms with E-state index in [9.17, 15) is 0 Å². The Balaban J connectivity index is 0.00000144. The lowest BCUT2D eigenvalue weighted by molar-refractivity contribution is 0.819. The lowest BCUT2D eigenvalue weighted by atomic mass is 9.99. The fourth-order valence-electron chi connectivity index (χ4n) is 1.83. The molecule has 0 bridgehead atoms. The lowest BCUT2D eigenvalue weighted by Gasteiger charge is -2.08. The molecule has 0 amide bonds. The number of halogens is 1. The summed E-state index contributed by atoms with van der Waals surface area (Å²) in [5, 5.41) is 0. The minimum absolute atomic E-state index is 0. The van der Waals surface area contributed by atoms with Gasteiger partial charge in [0.25, 0.3) is 0 Å². The highest BCUT2D eigenvalue weighted by Crippen LogP contribution is 2.23. The minimum Gasteiger partial charge on any atom is -0.324 e. The molecule has 2 rings (SSSR count). The molecule has 90 valence electrons. The van der Waals surface area contributed by atoms with Gasteiger partial charge in [0.15, 0.2) is 0 Å². The molecule has 2 aromatic rings. The Bertz CT molecular complexity index is 492. The Morgan fingerprint density at radius 1 is 0.941 bits per heavy atom. The third kappa shape index (κ3) is 3.32. The van der Waals surface area contributed by atoms with Gasteiger partial charge in [-0.3, -0.25) is 0 Å². The van der Waals surface area contributed by atoms with E-state index in [1.54, 1.807) is 0 Å². The van der Waals surface area contributed by atoms with Gasteiger partial charge in [0.05, 0.1) is 0 Å². The van der Waals surface area contributed by atoms with Gasteiger partial charge in [0.1, 0.15) is 0 Å². The van der Waals surface area contributed by atoms with Crippen LogP contribution in [0, 0.1) is 6.92 Å². The van der Waals surface area contributed by atoms with Crippen LogP contribution in [0.3, 0.4) is 0 Å². The monoisotopic (exact) mass is 247 g/mol. The van der Waals surface area contributed by atoms with Gasteiger partial charge in [-0.05, 0) is 36.6 Å². The largest absolute Gasteiger partial charge is 0.324 e. The summed E-state index contributed by atoms with van der Waals surface area (Å²) >= 11 is 0. The van der Waals surface area contributed by atoms with Crippen LogP contribution in [0.5, 0.6) is 0 Å². The van der Waals surface area contributed by atoms with E-state index in [1.165, 1.54) is 22.3 Å². The molecule has 17 heavy (non-hydrogen) atoms. The summed E-state index contributed by atoms with van der Waals surface area (Å²) in [6.07, 6.45) is 0. The zero-order valence-electron chi connectivity index (χ0n) is 10.2. The molecule has 1 nitrogen and oxygen atoms in total. The lowest BCUT2D eigenvalue weighted by Crippen LogP contribution is -2.04. The van der Waals surface area contributed by atoms with Crippen molar-refractivity contribution in [1.82, 2.24) is 0 Å². The molecule has 2 N–H and O–H groups in total. The second kappa shape index (κ2) is 5.85. The van der Waals surface area contributed by atoms with E-state index in [0.717, 1.165) is 0 Å². The maximum Gasteiger partial charge on any atom is 0.0266 e. The van der Waals surface area contributed by atoms with Gasteiger partial charge >= 0.3 is 0 Å². The topological polar surface area (TPSA) is 26.0 Å². The first kappa shape index (κ1) is 13.8. The number of nitrogens with two attached hydrogens (primary N) is 1. The molecule has 0 saturated heterocycles. The first-order valence-corrected chi connectivity index (χ1v) is 5.59. The van der Waals surface area contributed by atoms with E-state index in [4.69, 9.17) is 5.73 Å². The van der Waals surface area contributed by atoms with Crippen LogP contribution in [0.25, 0.3) is 11.1 Å². The molecule has 0 aliphatic rings. The molecule has 0 radical (unpaired) electrons. The third-order valence-electron chi connectivity index (χ3n) is 2.76. The van der Waals surface area contributed by atoms with Crippen LogP contribution in [0.15, 0.2) is 48.5 Å². The molecule has 0 fully saturated rings. The van der Waals surface area contributed by atoms with Gasteiger partial charge in [0, 0.05) is 6.04 Å². The van der Waals surface area contributed by atoms with E-state index in [0.29, 0.717) is 0 Å². The highest BCUT2D eigenvalue weighted by molar-refractivity contribution is 5.85. The molecule has 0 aliphatic carbocycles. The van der Waals surface area contributed by atoms with E-state index < -0.39 is 0 Å². The van der Waals surface area contributed by atoms with E-state index in [-0.39, 0.29) is 18.4 Å². The predicted molar refractivity (Wildman–Crippen MR) is 76.5 cm³/mol. The van der Waals surface area contributed by atoms with Crippen molar-refractivity contribution in [3.63, 3.8) is 0 Å². The maximum absolute atomic E-state index is 5.89. The van der Waals surface area contributed by atoms with Crippen LogP contribution in [-0.4, -0.2) is 0 Å². The molecule has 1 atom stereocenters. The smallest absolute Gasteiger partial charge is 0.0266 e. The second-order valence-corrected chi connectivity index (χ2v) is 4.28. The highest BCUT2D eigenvalue weighted by Gasteiger charge is 2.02. The molecule has 2 heteroatoms. The molecular weight excluding hydrogens is 230 g/mol. The highest BCUT2D eigenvalue weighted by atomic mass is 35.5. The van der Waals surface area contributed by atoms with E-state index in [2.05, 4.69) is 55.5 Å². The summed E-state index contributed by atoms with van der Waals surface area (Å²) in [5.74, 6) is 0. The molecule has 0 unspecified atom stereocenters. The van der Waals surface area contributed by atoms with Crippen LogP contribution in [0.4, 0.5) is 0 Å². The predicted octanol–water partition coefficient (Wildman–Crippen LogP) is 4.10. The summed E-state index contributed by atoms with van der Waals surface area (Å²) in [5.41, 5.74) is 10.8. The normalized spacial score (nSPS) is 11.7. The Morgan fingerprint density at radius 3 is 2.12 bits per heavy atom. The molecular formula is C15H18ClN. The number of aryl methyl sites for hydroxylation is 1. The zero-order chi connectivity index (χ0) is 11.5. The van der Waals surface area contributed by atoms with Crippen molar-refractivity contribution in [2.75, 3.05) is 0 Å². The van der Waals surface area contributed by atoms with Gasteiger partial charge in [-0.2, -0.15) is 0 Å². The summed E-state index contributed by atoms with van der Waals surface area (Å²) in [7, 11) is 0.